The van der Waals surface area contributed by atoms with Crippen LogP contribution in [-0.2, 0) is 11.8 Å². The highest BCUT2D eigenvalue weighted by atomic mass is 19.1. The van der Waals surface area contributed by atoms with Gasteiger partial charge in [-0.15, -0.1) is 0 Å². The van der Waals surface area contributed by atoms with Crippen LogP contribution in [0, 0.1) is 5.82 Å². The number of hydrogen-bond donors (Lipinski definition) is 1. The van der Waals surface area contributed by atoms with Gasteiger partial charge in [-0.2, -0.15) is 5.10 Å². The van der Waals surface area contributed by atoms with Crippen LogP contribution in [0.25, 0.3) is 22.0 Å². The van der Waals surface area contributed by atoms with E-state index in [9.17, 15) is 4.39 Å². The number of fused-ring (bicyclic) bond motifs is 1. The van der Waals surface area contributed by atoms with Gasteiger partial charge < -0.3 is 15.0 Å². The third kappa shape index (κ3) is 4.01. The standard InChI is InChI=1S/C24H25FN6O/c1-15-13-31(14-16(2)32-15)24-10-21(20(25)12-27-24)29-23-9-18(6-7-26-23)17-4-5-22-19(8-17)11-28-30(22)3/h4-12,15-16H,13-14H2,1-3H3,(H,26,27,29)/t15-,16+. The molecule has 0 bridgehead atoms. The van der Waals surface area contributed by atoms with E-state index in [1.165, 1.54) is 6.20 Å². The Balaban J connectivity index is 1.41. The van der Waals surface area contributed by atoms with Gasteiger partial charge in [-0.25, -0.2) is 14.4 Å². The van der Waals surface area contributed by atoms with Gasteiger partial charge in [0.05, 0.1) is 35.8 Å². The average molecular weight is 433 g/mol. The molecule has 0 saturated carbocycles. The first-order valence-corrected chi connectivity index (χ1v) is 10.7. The van der Waals surface area contributed by atoms with Gasteiger partial charge in [0, 0.05) is 37.8 Å². The molecule has 1 aliphatic rings. The summed E-state index contributed by atoms with van der Waals surface area (Å²) in [6, 6.07) is 11.8. The maximum atomic E-state index is 14.6. The van der Waals surface area contributed by atoms with E-state index in [4.69, 9.17) is 4.74 Å². The molecule has 2 atom stereocenters. The normalized spacial score (nSPS) is 18.8. The number of hydrogen-bond acceptors (Lipinski definition) is 6. The van der Waals surface area contributed by atoms with Gasteiger partial charge in [0.15, 0.2) is 5.82 Å². The molecule has 32 heavy (non-hydrogen) atoms. The molecule has 0 aliphatic carbocycles. The maximum absolute atomic E-state index is 14.6. The number of nitrogens with one attached hydrogen (secondary N) is 1. The molecule has 8 heteroatoms. The Labute approximate surface area is 185 Å². The molecular weight excluding hydrogens is 407 g/mol. The zero-order valence-corrected chi connectivity index (χ0v) is 18.3. The number of anilines is 3. The van der Waals surface area contributed by atoms with Crippen LogP contribution < -0.4 is 10.2 Å². The van der Waals surface area contributed by atoms with Crippen molar-refractivity contribution < 1.29 is 9.13 Å². The predicted octanol–water partition coefficient (Wildman–Crippen LogP) is 4.53. The summed E-state index contributed by atoms with van der Waals surface area (Å²) in [5, 5.41) is 8.49. The second-order valence-electron chi connectivity index (χ2n) is 8.28. The summed E-state index contributed by atoms with van der Waals surface area (Å²) in [4.78, 5) is 10.8. The lowest BCUT2D eigenvalue weighted by Crippen LogP contribution is -2.45. The summed E-state index contributed by atoms with van der Waals surface area (Å²) in [5.74, 6) is 0.856. The molecule has 1 N–H and O–H groups in total. The Hall–Kier alpha value is -3.52. The Morgan fingerprint density at radius 1 is 1.00 bits per heavy atom. The minimum Gasteiger partial charge on any atom is -0.372 e. The molecule has 1 aliphatic heterocycles. The van der Waals surface area contributed by atoms with Gasteiger partial charge in [-0.1, -0.05) is 6.07 Å². The SMILES string of the molecule is C[C@@H]1CN(c2cc(Nc3cc(-c4ccc5c(cnn5C)c4)ccn3)c(F)cn2)C[C@H](C)O1. The number of aromatic nitrogens is 4. The summed E-state index contributed by atoms with van der Waals surface area (Å²) in [5.41, 5.74) is 3.44. The second-order valence-corrected chi connectivity index (χ2v) is 8.28. The van der Waals surface area contributed by atoms with Crippen LogP contribution in [0.15, 0.2) is 55.0 Å². The highest BCUT2D eigenvalue weighted by molar-refractivity contribution is 5.85. The van der Waals surface area contributed by atoms with Gasteiger partial charge in [-0.05, 0) is 49.2 Å². The molecule has 4 aromatic rings. The Morgan fingerprint density at radius 3 is 2.59 bits per heavy atom. The maximum Gasteiger partial charge on any atom is 0.165 e. The first-order chi connectivity index (χ1) is 15.5. The number of ether oxygens (including phenoxy) is 1. The summed E-state index contributed by atoms with van der Waals surface area (Å²) in [6.07, 6.45) is 5.01. The fourth-order valence-corrected chi connectivity index (χ4v) is 4.22. The van der Waals surface area contributed by atoms with Crippen LogP contribution in [0.5, 0.6) is 0 Å². The highest BCUT2D eigenvalue weighted by Crippen LogP contribution is 2.28. The summed E-state index contributed by atoms with van der Waals surface area (Å²) < 4.78 is 22.2. The van der Waals surface area contributed by atoms with E-state index in [-0.39, 0.29) is 12.2 Å². The molecule has 3 aromatic heterocycles. The quantitative estimate of drug-likeness (QED) is 0.511. The van der Waals surface area contributed by atoms with E-state index >= 15 is 0 Å². The molecule has 164 valence electrons. The van der Waals surface area contributed by atoms with E-state index in [1.54, 1.807) is 12.3 Å². The first-order valence-electron chi connectivity index (χ1n) is 10.7. The zero-order chi connectivity index (χ0) is 22.2. The van der Waals surface area contributed by atoms with E-state index in [1.807, 2.05) is 50.0 Å². The predicted molar refractivity (Wildman–Crippen MR) is 124 cm³/mol. The third-order valence-corrected chi connectivity index (χ3v) is 5.69. The monoisotopic (exact) mass is 432 g/mol. The van der Waals surface area contributed by atoms with Crippen LogP contribution in [0.4, 0.5) is 21.7 Å². The number of aryl methyl sites for hydroxylation is 1. The van der Waals surface area contributed by atoms with Crippen molar-refractivity contribution in [3.05, 3.63) is 60.8 Å². The van der Waals surface area contributed by atoms with Crippen molar-refractivity contribution in [2.75, 3.05) is 23.3 Å². The number of pyridine rings is 2. The lowest BCUT2D eigenvalue weighted by atomic mass is 10.1. The largest absolute Gasteiger partial charge is 0.372 e. The summed E-state index contributed by atoms with van der Waals surface area (Å²) in [6.45, 7) is 5.49. The molecule has 0 radical (unpaired) electrons. The number of nitrogens with zero attached hydrogens (tertiary/aromatic N) is 5. The minimum absolute atomic E-state index is 0.0949. The fourth-order valence-electron chi connectivity index (χ4n) is 4.22. The number of halogens is 1. The Bertz CT molecular complexity index is 1260. The topological polar surface area (TPSA) is 68.1 Å². The van der Waals surface area contributed by atoms with Gasteiger partial charge in [0.1, 0.15) is 11.6 Å². The number of benzene rings is 1. The van der Waals surface area contributed by atoms with E-state index in [2.05, 4.69) is 37.4 Å². The molecule has 0 amide bonds. The van der Waals surface area contributed by atoms with E-state index < -0.39 is 5.82 Å². The zero-order valence-electron chi connectivity index (χ0n) is 18.3. The molecule has 1 saturated heterocycles. The number of rotatable bonds is 4. The Kier molecular flexibility index (Phi) is 5.22. The van der Waals surface area contributed by atoms with Gasteiger partial charge in [0.2, 0.25) is 0 Å². The lowest BCUT2D eigenvalue weighted by Gasteiger charge is -2.36. The van der Waals surface area contributed by atoms with Gasteiger partial charge >= 0.3 is 0 Å². The van der Waals surface area contributed by atoms with Gasteiger partial charge in [-0.3, -0.25) is 4.68 Å². The highest BCUT2D eigenvalue weighted by Gasteiger charge is 2.24. The van der Waals surface area contributed by atoms with Crippen molar-refractivity contribution in [3.63, 3.8) is 0 Å². The lowest BCUT2D eigenvalue weighted by molar-refractivity contribution is -0.00546. The molecule has 1 fully saturated rings. The van der Waals surface area contributed by atoms with Crippen LogP contribution >= 0.6 is 0 Å². The van der Waals surface area contributed by atoms with E-state index in [0.717, 1.165) is 22.0 Å². The third-order valence-electron chi connectivity index (χ3n) is 5.69. The molecule has 0 unspecified atom stereocenters. The van der Waals surface area contributed by atoms with Crippen LogP contribution in [-0.4, -0.2) is 45.0 Å². The fraction of sp³-hybridized carbons (Fsp3) is 0.292. The molecule has 0 spiro atoms. The van der Waals surface area contributed by atoms with Crippen molar-refractivity contribution in [2.45, 2.75) is 26.1 Å². The smallest absolute Gasteiger partial charge is 0.165 e. The van der Waals surface area contributed by atoms with Crippen molar-refractivity contribution >= 4 is 28.2 Å². The first kappa shape index (κ1) is 20.4. The minimum atomic E-state index is -0.424. The van der Waals surface area contributed by atoms with Crippen molar-refractivity contribution in [2.24, 2.45) is 7.05 Å². The van der Waals surface area contributed by atoms with Crippen LogP contribution in [0.2, 0.25) is 0 Å². The molecule has 5 rings (SSSR count). The van der Waals surface area contributed by atoms with Crippen molar-refractivity contribution in [1.82, 2.24) is 19.7 Å². The number of morpholine rings is 1. The molecule has 7 nitrogen and oxygen atoms in total. The second kappa shape index (κ2) is 8.20. The van der Waals surface area contributed by atoms with Gasteiger partial charge in [0.25, 0.3) is 0 Å². The molecular formula is C24H25FN6O. The summed E-state index contributed by atoms with van der Waals surface area (Å²) in [7, 11) is 1.92. The van der Waals surface area contributed by atoms with Crippen molar-refractivity contribution in [3.8, 4) is 11.1 Å². The van der Waals surface area contributed by atoms with Crippen LogP contribution in [0.1, 0.15) is 13.8 Å². The Morgan fingerprint density at radius 2 is 1.78 bits per heavy atom. The summed E-state index contributed by atoms with van der Waals surface area (Å²) >= 11 is 0. The van der Waals surface area contributed by atoms with Crippen LogP contribution in [0.3, 0.4) is 0 Å². The molecule has 1 aromatic carbocycles. The average Bonchev–Trinajstić information content (AvgIpc) is 3.15. The van der Waals surface area contributed by atoms with Crippen molar-refractivity contribution in [1.29, 1.82) is 0 Å². The molecule has 4 heterocycles. The van der Waals surface area contributed by atoms with E-state index in [0.29, 0.717) is 30.4 Å².